The van der Waals surface area contributed by atoms with Gasteiger partial charge in [-0.15, -0.1) is 0 Å². The first-order valence-electron chi connectivity index (χ1n) is 9.85. The number of hydrogen-bond acceptors (Lipinski definition) is 5. The van der Waals surface area contributed by atoms with Gasteiger partial charge in [-0.3, -0.25) is 9.59 Å². The van der Waals surface area contributed by atoms with Crippen molar-refractivity contribution in [3.8, 4) is 5.75 Å². The van der Waals surface area contributed by atoms with E-state index in [4.69, 9.17) is 37.4 Å². The number of para-hydroxylation sites is 1. The van der Waals surface area contributed by atoms with Crippen LogP contribution in [0, 0.1) is 5.92 Å². The van der Waals surface area contributed by atoms with Gasteiger partial charge >= 0.3 is 11.9 Å². The number of H-pyrrole nitrogens is 1. The third kappa shape index (κ3) is 3.98. The van der Waals surface area contributed by atoms with Crippen molar-refractivity contribution in [2.24, 2.45) is 5.92 Å². The van der Waals surface area contributed by atoms with Crippen LogP contribution in [-0.2, 0) is 19.1 Å². The van der Waals surface area contributed by atoms with Crippen molar-refractivity contribution in [1.82, 2.24) is 4.98 Å². The molecule has 0 bridgehead atoms. The minimum absolute atomic E-state index is 0.284. The van der Waals surface area contributed by atoms with E-state index < -0.39 is 29.6 Å². The lowest BCUT2D eigenvalue weighted by molar-refractivity contribution is -0.240. The minimum atomic E-state index is -1.33. The number of hydrogen-bond donors (Lipinski definition) is 1. The molecule has 4 rings (SSSR count). The second-order valence-electron chi connectivity index (χ2n) is 7.73. The van der Waals surface area contributed by atoms with Gasteiger partial charge in [-0.2, -0.15) is 0 Å². The topological polar surface area (TPSA) is 77.6 Å². The number of fused-ring (bicyclic) bond motifs is 1. The summed E-state index contributed by atoms with van der Waals surface area (Å²) in [5.41, 5.74) is 2.16. The van der Waals surface area contributed by atoms with Crippen molar-refractivity contribution >= 4 is 46.0 Å². The summed E-state index contributed by atoms with van der Waals surface area (Å²) in [7, 11) is 0. The maximum absolute atomic E-state index is 13.0. The normalized spacial score (nSPS) is 17.3. The Morgan fingerprint density at radius 1 is 1.10 bits per heavy atom. The third-order valence-corrected chi connectivity index (χ3v) is 5.72. The predicted molar refractivity (Wildman–Crippen MR) is 118 cm³/mol. The molecule has 1 aliphatic rings. The molecule has 3 aromatic rings. The average Bonchev–Trinajstić information content (AvgIpc) is 3.10. The fourth-order valence-corrected chi connectivity index (χ4v) is 4.56. The van der Waals surface area contributed by atoms with Gasteiger partial charge in [0.15, 0.2) is 11.7 Å². The number of halogens is 2. The highest BCUT2D eigenvalue weighted by Gasteiger charge is 2.48. The zero-order valence-electron chi connectivity index (χ0n) is 17.2. The number of rotatable bonds is 5. The van der Waals surface area contributed by atoms with Crippen molar-refractivity contribution < 1.29 is 23.8 Å². The Morgan fingerprint density at radius 3 is 2.32 bits per heavy atom. The Balaban J connectivity index is 1.91. The number of aromatic nitrogens is 1. The molecule has 2 aromatic carbocycles. The summed E-state index contributed by atoms with van der Waals surface area (Å²) in [5.74, 6) is -4.28. The summed E-state index contributed by atoms with van der Waals surface area (Å²) in [5, 5.41) is 1.43. The Bertz CT molecular complexity index is 1130. The van der Waals surface area contributed by atoms with Gasteiger partial charge in [0.2, 0.25) is 0 Å². The molecule has 2 heterocycles. The smallest absolute Gasteiger partial charge is 0.324 e. The fraction of sp³-hybridized carbons (Fsp3) is 0.304. The number of nitrogens with one attached hydrogen (secondary N) is 1. The maximum Gasteiger partial charge on any atom is 0.324 e. The van der Waals surface area contributed by atoms with E-state index in [1.165, 1.54) is 13.8 Å². The van der Waals surface area contributed by atoms with Crippen LogP contribution in [0.5, 0.6) is 5.75 Å². The lowest BCUT2D eigenvalue weighted by atomic mass is 9.80. The number of carbonyl (C=O) groups is 2. The fourth-order valence-electron chi connectivity index (χ4n) is 3.94. The zero-order valence-corrected chi connectivity index (χ0v) is 18.7. The molecular formula is C23H21Cl2NO5. The second kappa shape index (κ2) is 8.09. The van der Waals surface area contributed by atoms with Crippen LogP contribution in [0.4, 0.5) is 0 Å². The highest BCUT2D eigenvalue weighted by atomic mass is 35.5. The molecule has 162 valence electrons. The lowest BCUT2D eigenvalue weighted by Gasteiger charge is -2.36. The van der Waals surface area contributed by atoms with Crippen LogP contribution in [0.2, 0.25) is 10.0 Å². The van der Waals surface area contributed by atoms with Crippen LogP contribution in [0.15, 0.2) is 42.6 Å². The van der Waals surface area contributed by atoms with E-state index in [-0.39, 0.29) is 10.0 Å². The Morgan fingerprint density at radius 2 is 1.71 bits per heavy atom. The van der Waals surface area contributed by atoms with Gasteiger partial charge in [-0.25, -0.2) is 0 Å². The quantitative estimate of drug-likeness (QED) is 0.403. The first-order valence-corrected chi connectivity index (χ1v) is 10.6. The van der Waals surface area contributed by atoms with E-state index in [9.17, 15) is 9.59 Å². The van der Waals surface area contributed by atoms with Crippen molar-refractivity contribution in [2.45, 2.75) is 32.5 Å². The molecule has 0 radical (unpaired) electrons. The number of esters is 2. The van der Waals surface area contributed by atoms with Gasteiger partial charge in [0.05, 0.1) is 16.7 Å². The maximum atomic E-state index is 13.0. The summed E-state index contributed by atoms with van der Waals surface area (Å²) in [6.07, 6.45) is 1.77. The zero-order chi connectivity index (χ0) is 22.3. The summed E-state index contributed by atoms with van der Waals surface area (Å²) in [4.78, 5) is 29.2. The van der Waals surface area contributed by atoms with Gasteiger partial charge in [0.25, 0.3) is 5.79 Å². The minimum Gasteiger partial charge on any atom is -0.491 e. The number of cyclic esters (lactones) is 2. The van der Waals surface area contributed by atoms with Gasteiger partial charge in [0, 0.05) is 36.9 Å². The summed E-state index contributed by atoms with van der Waals surface area (Å²) >= 11 is 12.9. The summed E-state index contributed by atoms with van der Waals surface area (Å²) < 4.78 is 16.3. The number of aromatic amines is 1. The van der Waals surface area contributed by atoms with E-state index >= 15 is 0 Å². The second-order valence-corrected chi connectivity index (χ2v) is 8.55. The highest BCUT2D eigenvalue weighted by molar-refractivity contribution is 6.37. The first-order chi connectivity index (χ1) is 14.7. The molecule has 0 unspecified atom stereocenters. The van der Waals surface area contributed by atoms with Crippen LogP contribution >= 0.6 is 23.2 Å². The van der Waals surface area contributed by atoms with Crippen LogP contribution in [0.1, 0.15) is 37.8 Å². The van der Waals surface area contributed by atoms with Crippen molar-refractivity contribution in [1.29, 1.82) is 0 Å². The van der Waals surface area contributed by atoms with Crippen LogP contribution in [0.25, 0.3) is 10.9 Å². The molecule has 1 aliphatic heterocycles. The molecule has 0 spiro atoms. The van der Waals surface area contributed by atoms with Crippen molar-refractivity contribution in [3.05, 3.63) is 63.8 Å². The third-order valence-electron chi connectivity index (χ3n) is 5.16. The monoisotopic (exact) mass is 461 g/mol. The van der Waals surface area contributed by atoms with E-state index in [1.807, 2.05) is 31.2 Å². The molecular weight excluding hydrogens is 441 g/mol. The lowest BCUT2D eigenvalue weighted by Crippen LogP contribution is -2.48. The number of benzene rings is 2. The molecule has 1 fully saturated rings. The molecule has 0 saturated carbocycles. The first kappa shape index (κ1) is 21.5. The van der Waals surface area contributed by atoms with E-state index in [2.05, 4.69) is 4.98 Å². The van der Waals surface area contributed by atoms with Gasteiger partial charge in [-0.05, 0) is 36.2 Å². The van der Waals surface area contributed by atoms with E-state index in [1.54, 1.807) is 18.3 Å². The van der Waals surface area contributed by atoms with Crippen LogP contribution < -0.4 is 4.74 Å². The number of ether oxygens (including phenoxy) is 3. The summed E-state index contributed by atoms with van der Waals surface area (Å²) in [6, 6.07) is 10.9. The molecule has 0 aliphatic carbocycles. The highest BCUT2D eigenvalue weighted by Crippen LogP contribution is 2.44. The largest absolute Gasteiger partial charge is 0.491 e. The molecule has 1 aromatic heterocycles. The van der Waals surface area contributed by atoms with Crippen molar-refractivity contribution in [3.63, 3.8) is 0 Å². The van der Waals surface area contributed by atoms with Crippen LogP contribution in [-0.4, -0.2) is 29.3 Å². The van der Waals surface area contributed by atoms with Gasteiger partial charge in [0.1, 0.15) is 0 Å². The molecule has 1 N–H and O–H groups in total. The molecule has 1 atom stereocenters. The van der Waals surface area contributed by atoms with E-state index in [0.29, 0.717) is 17.9 Å². The molecule has 1 saturated heterocycles. The number of carbonyl (C=O) groups excluding carboxylic acids is 2. The van der Waals surface area contributed by atoms with Gasteiger partial charge in [-0.1, -0.05) is 41.4 Å². The molecule has 6 nitrogen and oxygen atoms in total. The molecule has 8 heteroatoms. The Labute approximate surface area is 189 Å². The SMILES string of the molecule is CCOc1c(Cl)cc([C@@H](c2c[nH]c3ccccc23)C2C(=O)OC(C)(C)OC2=O)cc1Cl. The van der Waals surface area contributed by atoms with E-state index in [0.717, 1.165) is 16.5 Å². The van der Waals surface area contributed by atoms with Crippen LogP contribution in [0.3, 0.4) is 0 Å². The Kier molecular flexibility index (Phi) is 5.62. The summed E-state index contributed by atoms with van der Waals surface area (Å²) in [6.45, 7) is 5.25. The molecule has 31 heavy (non-hydrogen) atoms. The standard InChI is InChI=1S/C23H21Cl2NO5/c1-4-29-20-15(24)9-12(10-16(20)25)18(14-11-26-17-8-6-5-7-13(14)17)19-21(27)30-23(2,3)31-22(19)28/h5-11,18-19,26H,4H2,1-3H3/t18-/m0/s1. The predicted octanol–water partition coefficient (Wildman–Crippen LogP) is 5.46. The van der Waals surface area contributed by atoms with Gasteiger partial charge < -0.3 is 19.2 Å². The molecule has 0 amide bonds. The van der Waals surface area contributed by atoms with Crippen molar-refractivity contribution in [2.75, 3.05) is 6.61 Å². The average molecular weight is 462 g/mol. The Hall–Kier alpha value is -2.70.